The summed E-state index contributed by atoms with van der Waals surface area (Å²) >= 11 is 2.27. The van der Waals surface area contributed by atoms with Gasteiger partial charge in [-0.15, -0.1) is 0 Å². The van der Waals surface area contributed by atoms with Gasteiger partial charge in [-0.25, -0.2) is 22.8 Å². The Kier molecular flexibility index (Phi) is 12.7. The third kappa shape index (κ3) is 8.75. The monoisotopic (exact) mass is 988 g/mol. The summed E-state index contributed by atoms with van der Waals surface area (Å²) in [5.74, 6) is -0.765. The molecule has 2 saturated heterocycles. The molecule has 1 atom stereocenters. The minimum Gasteiger partial charge on any atom is -0.341 e. The zero-order valence-corrected chi connectivity index (χ0v) is 41.1. The van der Waals surface area contributed by atoms with Crippen molar-refractivity contribution < 1.29 is 13.6 Å². The van der Waals surface area contributed by atoms with Crippen LogP contribution in [0.3, 0.4) is 0 Å². The lowest BCUT2D eigenvalue weighted by atomic mass is 9.91. The molecular weight excluding hydrogens is 939 g/mol. The molecule has 11 rings (SSSR count). The summed E-state index contributed by atoms with van der Waals surface area (Å²) in [5, 5.41) is 43.6. The second-order valence-electron chi connectivity index (χ2n) is 18.7. The van der Waals surface area contributed by atoms with Gasteiger partial charge in [-0.2, -0.15) is 30.9 Å². The van der Waals surface area contributed by atoms with Gasteiger partial charge in [0.1, 0.15) is 45.6 Å². The Balaban J connectivity index is 0.894. The SMILES string of the molecule is CNC1CCC(n2ncc(-c3cn4nc(-c5ccc(Sc6cc(-c7cnn(C8CCN(C(=O)C9CCCN9C)CC8)c7)cn7ncc(C#N)c67)c(F)c5)c(C#N)c4c(Sc4ccccc4F)n3)c2C)CC1. The summed E-state index contributed by atoms with van der Waals surface area (Å²) in [6, 6.07) is 18.4. The van der Waals surface area contributed by atoms with Gasteiger partial charge < -0.3 is 10.2 Å². The first-order chi connectivity index (χ1) is 34.6. The van der Waals surface area contributed by atoms with Crippen LogP contribution in [0.25, 0.3) is 44.7 Å². The number of hydrogen-bond donors (Lipinski definition) is 1. The Labute approximate surface area is 417 Å². The van der Waals surface area contributed by atoms with Crippen LogP contribution in [0, 0.1) is 41.2 Å². The van der Waals surface area contributed by atoms with E-state index in [1.807, 2.05) is 49.1 Å². The van der Waals surface area contributed by atoms with E-state index in [0.717, 1.165) is 92.1 Å². The van der Waals surface area contributed by atoms with E-state index in [1.165, 1.54) is 30.1 Å². The number of carbonyl (C=O) groups is 1. The first kappa shape index (κ1) is 46.5. The lowest BCUT2D eigenvalue weighted by molar-refractivity contribution is -0.136. The third-order valence-corrected chi connectivity index (χ3v) is 16.6. The van der Waals surface area contributed by atoms with Crippen molar-refractivity contribution in [2.75, 3.05) is 33.7 Å². The standard InChI is InChI=1S/C52H50F2N14OS2/c1-31-40(27-60-68(31)38-13-11-36(57-2)12-14-38)43-30-67-50(51(61-43)71-45-9-5-4-7-41(45)53)39(24-56)48(62-67)32-10-15-46(42(54)21-32)70-47-22-33(28-66-49(47)34(23-55)25-59-66)35-26-58-65(29-35)37-16-19-64(20-17-37)52(69)44-8-6-18-63(44)3/h4-5,7,9-10,15,21-22,25-30,36-38,44,57H,6,8,11-14,16-20H2,1-3H3. The zero-order valence-electron chi connectivity index (χ0n) is 39.5. The fourth-order valence-corrected chi connectivity index (χ4v) is 12.5. The molecular formula is C52H50F2N14OS2. The molecule has 0 bridgehead atoms. The molecule has 3 fully saturated rings. The molecule has 19 heteroatoms. The Morgan fingerprint density at radius 3 is 2.30 bits per heavy atom. The molecule has 6 aromatic heterocycles. The number of likely N-dealkylation sites (tertiary alicyclic amines) is 2. The molecule has 0 radical (unpaired) electrons. The molecule has 360 valence electrons. The van der Waals surface area contributed by atoms with Crippen LogP contribution in [0.2, 0.25) is 0 Å². The van der Waals surface area contributed by atoms with E-state index in [9.17, 15) is 15.3 Å². The van der Waals surface area contributed by atoms with Gasteiger partial charge in [-0.05, 0) is 109 Å². The number of piperidine rings is 1. The van der Waals surface area contributed by atoms with Gasteiger partial charge in [0, 0.05) is 74.2 Å². The number of aromatic nitrogens is 9. The van der Waals surface area contributed by atoms with Crippen molar-refractivity contribution >= 4 is 40.5 Å². The lowest BCUT2D eigenvalue weighted by Crippen LogP contribution is -2.47. The molecule has 1 unspecified atom stereocenters. The Morgan fingerprint density at radius 1 is 0.761 bits per heavy atom. The number of carbonyl (C=O) groups excluding carboxylic acids is 1. The molecule has 8 heterocycles. The van der Waals surface area contributed by atoms with E-state index < -0.39 is 11.6 Å². The van der Waals surface area contributed by atoms with Crippen molar-refractivity contribution in [2.24, 2.45) is 0 Å². The smallest absolute Gasteiger partial charge is 0.239 e. The molecule has 1 N–H and O–H groups in total. The second-order valence-corrected chi connectivity index (χ2v) is 20.8. The number of nitriles is 2. The average Bonchev–Trinajstić information content (AvgIpc) is 4.26. The third-order valence-electron chi connectivity index (χ3n) is 14.5. The lowest BCUT2D eigenvalue weighted by Gasteiger charge is -2.34. The van der Waals surface area contributed by atoms with Crippen LogP contribution < -0.4 is 5.32 Å². The van der Waals surface area contributed by atoms with Crippen LogP contribution in [-0.4, -0.2) is 105 Å². The molecule has 8 aromatic rings. The van der Waals surface area contributed by atoms with Crippen molar-refractivity contribution in [2.45, 2.75) is 102 Å². The predicted octanol–water partition coefficient (Wildman–Crippen LogP) is 9.36. The number of nitrogens with one attached hydrogen (secondary N) is 1. The van der Waals surface area contributed by atoms with Gasteiger partial charge >= 0.3 is 0 Å². The van der Waals surface area contributed by atoms with Crippen LogP contribution in [0.4, 0.5) is 8.78 Å². The van der Waals surface area contributed by atoms with Gasteiger partial charge in [0.25, 0.3) is 0 Å². The highest BCUT2D eigenvalue weighted by Gasteiger charge is 2.34. The predicted molar refractivity (Wildman–Crippen MR) is 266 cm³/mol. The van der Waals surface area contributed by atoms with E-state index in [-0.39, 0.29) is 40.2 Å². The molecule has 15 nitrogen and oxygen atoms in total. The number of amides is 1. The molecule has 1 aliphatic carbocycles. The summed E-state index contributed by atoms with van der Waals surface area (Å²) in [5.41, 5.74) is 5.94. The number of halogens is 2. The Hall–Kier alpha value is -6.90. The Morgan fingerprint density at radius 2 is 1.56 bits per heavy atom. The summed E-state index contributed by atoms with van der Waals surface area (Å²) in [6.45, 7) is 4.34. The summed E-state index contributed by atoms with van der Waals surface area (Å²) in [4.78, 5) is 23.7. The second kappa shape index (κ2) is 19.4. The minimum absolute atomic E-state index is 0.0291. The van der Waals surface area contributed by atoms with Crippen LogP contribution in [-0.2, 0) is 4.79 Å². The molecule has 2 aliphatic heterocycles. The van der Waals surface area contributed by atoms with Crippen molar-refractivity contribution in [3.05, 3.63) is 114 Å². The molecule has 2 aromatic carbocycles. The van der Waals surface area contributed by atoms with E-state index in [4.69, 9.17) is 20.3 Å². The highest BCUT2D eigenvalue weighted by atomic mass is 32.2. The first-order valence-corrected chi connectivity index (χ1v) is 25.6. The van der Waals surface area contributed by atoms with Crippen molar-refractivity contribution in [3.63, 3.8) is 0 Å². The van der Waals surface area contributed by atoms with Gasteiger partial charge in [0.2, 0.25) is 5.91 Å². The fourth-order valence-electron chi connectivity index (χ4n) is 10.6. The molecule has 3 aliphatic rings. The molecule has 71 heavy (non-hydrogen) atoms. The van der Waals surface area contributed by atoms with E-state index in [0.29, 0.717) is 61.8 Å². The highest BCUT2D eigenvalue weighted by Crippen LogP contribution is 2.42. The largest absolute Gasteiger partial charge is 0.341 e. The van der Waals surface area contributed by atoms with Gasteiger partial charge in [0.15, 0.2) is 0 Å². The zero-order chi connectivity index (χ0) is 48.9. The summed E-state index contributed by atoms with van der Waals surface area (Å²) < 4.78 is 39.2. The quantitative estimate of drug-likeness (QED) is 0.131. The van der Waals surface area contributed by atoms with E-state index >= 15 is 8.78 Å². The first-order valence-electron chi connectivity index (χ1n) is 24.0. The minimum atomic E-state index is -0.557. The van der Waals surface area contributed by atoms with Gasteiger partial charge in [0.05, 0.1) is 59.7 Å². The van der Waals surface area contributed by atoms with Crippen LogP contribution in [0.15, 0.2) is 105 Å². The summed E-state index contributed by atoms with van der Waals surface area (Å²) in [6.07, 6.45) is 18.3. The molecule has 1 amide bonds. The number of rotatable bonds is 11. The van der Waals surface area contributed by atoms with Crippen LogP contribution >= 0.6 is 23.5 Å². The van der Waals surface area contributed by atoms with E-state index in [2.05, 4.69) is 32.1 Å². The Bertz CT molecular complexity index is 3420. The number of fused-ring (bicyclic) bond motifs is 2. The topological polar surface area (TPSA) is 166 Å². The molecule has 0 spiro atoms. The fraction of sp³-hybridized carbons (Fsp3) is 0.346. The van der Waals surface area contributed by atoms with Crippen molar-refractivity contribution in [1.29, 1.82) is 10.5 Å². The van der Waals surface area contributed by atoms with Gasteiger partial charge in [-0.3, -0.25) is 19.1 Å². The maximum absolute atomic E-state index is 16.6. The number of benzene rings is 2. The van der Waals surface area contributed by atoms with Gasteiger partial charge in [-0.1, -0.05) is 41.7 Å². The maximum Gasteiger partial charge on any atom is 0.239 e. The van der Waals surface area contributed by atoms with E-state index in [1.54, 1.807) is 58.0 Å². The van der Waals surface area contributed by atoms with Crippen LogP contribution in [0.5, 0.6) is 0 Å². The molecule has 1 saturated carbocycles. The van der Waals surface area contributed by atoms with Crippen molar-refractivity contribution in [3.8, 4) is 45.8 Å². The maximum atomic E-state index is 16.6. The van der Waals surface area contributed by atoms with Crippen molar-refractivity contribution in [1.82, 2.24) is 58.9 Å². The number of hydrogen-bond acceptors (Lipinski definition) is 12. The normalized spacial score (nSPS) is 18.9. The highest BCUT2D eigenvalue weighted by molar-refractivity contribution is 7.99. The summed E-state index contributed by atoms with van der Waals surface area (Å²) in [7, 11) is 4.03. The number of nitrogens with zero attached hydrogens (tertiary/aromatic N) is 13. The number of pyridine rings is 1. The van der Waals surface area contributed by atoms with Crippen LogP contribution in [0.1, 0.15) is 80.3 Å². The average molecular weight is 989 g/mol. The number of likely N-dealkylation sites (N-methyl/N-ethyl adjacent to an activating group) is 1.